The summed E-state index contributed by atoms with van der Waals surface area (Å²) in [6.45, 7) is 0.368. The summed E-state index contributed by atoms with van der Waals surface area (Å²) in [6, 6.07) is 7.38. The summed E-state index contributed by atoms with van der Waals surface area (Å²) in [4.78, 5) is 15.8. The Hall–Kier alpha value is -3.23. The second kappa shape index (κ2) is 6.69. The summed E-state index contributed by atoms with van der Waals surface area (Å²) in [5.74, 6) is 0.216. The van der Waals surface area contributed by atoms with Crippen molar-refractivity contribution in [3.05, 3.63) is 59.7 Å². The number of benzene rings is 1. The van der Waals surface area contributed by atoms with Gasteiger partial charge in [-0.15, -0.1) is 0 Å². The van der Waals surface area contributed by atoms with E-state index in [0.29, 0.717) is 17.3 Å². The molecule has 0 fully saturated rings. The minimum Gasteiger partial charge on any atom is -0.487 e. The van der Waals surface area contributed by atoms with Crippen LogP contribution in [-0.2, 0) is 13.2 Å². The Morgan fingerprint density at radius 1 is 1.30 bits per heavy atom. The van der Waals surface area contributed by atoms with Crippen molar-refractivity contribution in [3.8, 4) is 5.75 Å². The Morgan fingerprint density at radius 2 is 2.22 bits per heavy atom. The number of rotatable bonds is 6. The smallest absolute Gasteiger partial charge is 0.272 e. The maximum atomic E-state index is 13.0. The van der Waals surface area contributed by atoms with Crippen molar-refractivity contribution in [1.82, 2.24) is 30.7 Å². The van der Waals surface area contributed by atoms with Crippen LogP contribution in [0.15, 0.2) is 36.7 Å². The molecule has 0 saturated heterocycles. The van der Waals surface area contributed by atoms with Crippen molar-refractivity contribution in [2.24, 2.45) is 0 Å². The van der Waals surface area contributed by atoms with Crippen LogP contribution in [0.1, 0.15) is 22.0 Å². The zero-order chi connectivity index (χ0) is 16.1. The zero-order valence-corrected chi connectivity index (χ0v) is 11.9. The second-order valence-corrected chi connectivity index (χ2v) is 4.64. The fourth-order valence-corrected chi connectivity index (χ4v) is 1.84. The number of ether oxygens (including phenoxy) is 1. The minimum atomic E-state index is -0.375. The number of nitrogens with zero attached hydrogens (tertiary/aromatic N) is 3. The Labute approximate surface area is 130 Å². The fourth-order valence-electron chi connectivity index (χ4n) is 1.84. The van der Waals surface area contributed by atoms with E-state index >= 15 is 0 Å². The van der Waals surface area contributed by atoms with Gasteiger partial charge < -0.3 is 10.1 Å². The lowest BCUT2D eigenvalue weighted by atomic mass is 10.3. The number of hydrogen-bond donors (Lipinski definition) is 3. The molecule has 1 amide bonds. The monoisotopic (exact) mass is 316 g/mol. The maximum absolute atomic E-state index is 13.0. The van der Waals surface area contributed by atoms with Crippen molar-refractivity contribution in [2.45, 2.75) is 13.2 Å². The standard InChI is InChI=1S/C14H13FN6O2/c15-9-2-1-3-11(4-9)23-7-10-5-12(20-19-10)14(22)16-6-13-17-8-18-21-13/h1-5,8H,6-7H2,(H,16,22)(H,19,20)(H,17,18,21). The first-order valence-corrected chi connectivity index (χ1v) is 6.76. The van der Waals surface area contributed by atoms with E-state index in [9.17, 15) is 9.18 Å². The molecular formula is C14H13FN6O2. The largest absolute Gasteiger partial charge is 0.487 e. The van der Waals surface area contributed by atoms with Gasteiger partial charge in [-0.2, -0.15) is 10.2 Å². The highest BCUT2D eigenvalue weighted by Gasteiger charge is 2.11. The van der Waals surface area contributed by atoms with Crippen molar-refractivity contribution in [3.63, 3.8) is 0 Å². The SMILES string of the molecule is O=C(NCc1ncn[nH]1)c1cc(COc2cccc(F)c2)[nH]n1. The second-order valence-electron chi connectivity index (χ2n) is 4.64. The third-order valence-corrected chi connectivity index (χ3v) is 2.94. The van der Waals surface area contributed by atoms with Gasteiger partial charge in [0.15, 0.2) is 0 Å². The molecule has 0 atom stereocenters. The van der Waals surface area contributed by atoms with Gasteiger partial charge >= 0.3 is 0 Å². The van der Waals surface area contributed by atoms with Gasteiger partial charge in [0.1, 0.15) is 36.0 Å². The number of amides is 1. The minimum absolute atomic E-state index is 0.145. The van der Waals surface area contributed by atoms with Gasteiger partial charge in [-0.3, -0.25) is 15.0 Å². The molecule has 0 bridgehead atoms. The average Bonchev–Trinajstić information content (AvgIpc) is 3.22. The van der Waals surface area contributed by atoms with E-state index in [1.165, 1.54) is 18.5 Å². The van der Waals surface area contributed by atoms with E-state index in [1.54, 1.807) is 18.2 Å². The number of H-pyrrole nitrogens is 2. The van der Waals surface area contributed by atoms with E-state index in [-0.39, 0.29) is 30.6 Å². The molecule has 0 spiro atoms. The molecule has 2 heterocycles. The van der Waals surface area contributed by atoms with Gasteiger partial charge in [0.05, 0.1) is 12.2 Å². The molecule has 118 valence electrons. The van der Waals surface area contributed by atoms with E-state index in [2.05, 4.69) is 30.7 Å². The first kappa shape index (κ1) is 14.7. The topological polar surface area (TPSA) is 109 Å². The quantitative estimate of drug-likeness (QED) is 0.632. The van der Waals surface area contributed by atoms with Crippen LogP contribution < -0.4 is 10.1 Å². The summed E-state index contributed by atoms with van der Waals surface area (Å²) in [5, 5.41) is 15.6. The molecule has 0 aliphatic carbocycles. The van der Waals surface area contributed by atoms with Crippen LogP contribution >= 0.6 is 0 Å². The van der Waals surface area contributed by atoms with Crippen LogP contribution in [0, 0.1) is 5.82 Å². The molecule has 0 unspecified atom stereocenters. The molecular weight excluding hydrogens is 303 g/mol. The number of carbonyl (C=O) groups excluding carboxylic acids is 1. The molecule has 0 radical (unpaired) electrons. The van der Waals surface area contributed by atoms with Crippen LogP contribution in [0.2, 0.25) is 0 Å². The van der Waals surface area contributed by atoms with Crippen LogP contribution in [0.25, 0.3) is 0 Å². The first-order chi connectivity index (χ1) is 11.2. The predicted molar refractivity (Wildman–Crippen MR) is 76.9 cm³/mol. The molecule has 3 rings (SSSR count). The lowest BCUT2D eigenvalue weighted by Gasteiger charge is -2.03. The van der Waals surface area contributed by atoms with Crippen molar-refractivity contribution in [2.75, 3.05) is 0 Å². The molecule has 0 aliphatic heterocycles. The summed E-state index contributed by atoms with van der Waals surface area (Å²) in [5.41, 5.74) is 0.821. The lowest BCUT2D eigenvalue weighted by Crippen LogP contribution is -2.23. The Balaban J connectivity index is 1.54. The number of nitrogens with one attached hydrogen (secondary N) is 3. The molecule has 3 aromatic rings. The highest BCUT2D eigenvalue weighted by molar-refractivity contribution is 5.92. The molecule has 23 heavy (non-hydrogen) atoms. The average molecular weight is 316 g/mol. The predicted octanol–water partition coefficient (Wildman–Crippen LogP) is 1.18. The summed E-state index contributed by atoms with van der Waals surface area (Å²) in [7, 11) is 0. The molecule has 3 N–H and O–H groups in total. The molecule has 8 nitrogen and oxygen atoms in total. The van der Waals surface area contributed by atoms with Gasteiger partial charge in [-0.05, 0) is 18.2 Å². The van der Waals surface area contributed by atoms with Crippen LogP contribution in [0.4, 0.5) is 4.39 Å². The number of hydrogen-bond acceptors (Lipinski definition) is 5. The van der Waals surface area contributed by atoms with E-state index in [1.807, 2.05) is 0 Å². The van der Waals surface area contributed by atoms with E-state index in [0.717, 1.165) is 0 Å². The number of aromatic amines is 2. The van der Waals surface area contributed by atoms with Gasteiger partial charge in [0.2, 0.25) is 0 Å². The summed E-state index contributed by atoms with van der Waals surface area (Å²) < 4.78 is 18.5. The van der Waals surface area contributed by atoms with Gasteiger partial charge in [-0.25, -0.2) is 9.37 Å². The Morgan fingerprint density at radius 3 is 3.00 bits per heavy atom. The Kier molecular flexibility index (Phi) is 4.27. The van der Waals surface area contributed by atoms with Crippen LogP contribution in [0.3, 0.4) is 0 Å². The van der Waals surface area contributed by atoms with E-state index in [4.69, 9.17) is 4.74 Å². The first-order valence-electron chi connectivity index (χ1n) is 6.76. The highest BCUT2D eigenvalue weighted by Crippen LogP contribution is 2.13. The normalized spacial score (nSPS) is 10.5. The van der Waals surface area contributed by atoms with Crippen molar-refractivity contribution < 1.29 is 13.9 Å². The molecule has 1 aromatic carbocycles. The lowest BCUT2D eigenvalue weighted by molar-refractivity contribution is 0.0945. The maximum Gasteiger partial charge on any atom is 0.272 e. The van der Waals surface area contributed by atoms with Gasteiger partial charge in [0, 0.05) is 6.07 Å². The molecule has 2 aromatic heterocycles. The molecule has 0 aliphatic rings. The number of halogens is 1. The Bertz CT molecular complexity index is 786. The van der Waals surface area contributed by atoms with Crippen LogP contribution in [0.5, 0.6) is 5.75 Å². The molecule has 9 heteroatoms. The number of aromatic nitrogens is 5. The van der Waals surface area contributed by atoms with Crippen LogP contribution in [-0.4, -0.2) is 31.3 Å². The van der Waals surface area contributed by atoms with Crippen molar-refractivity contribution in [1.29, 1.82) is 0 Å². The van der Waals surface area contributed by atoms with Gasteiger partial charge in [-0.1, -0.05) is 6.07 Å². The van der Waals surface area contributed by atoms with E-state index < -0.39 is 0 Å². The highest BCUT2D eigenvalue weighted by atomic mass is 19.1. The third kappa shape index (κ3) is 3.90. The molecule has 0 saturated carbocycles. The summed E-state index contributed by atoms with van der Waals surface area (Å²) >= 11 is 0. The third-order valence-electron chi connectivity index (χ3n) is 2.94. The fraction of sp³-hybridized carbons (Fsp3) is 0.143. The van der Waals surface area contributed by atoms with Crippen molar-refractivity contribution >= 4 is 5.91 Å². The van der Waals surface area contributed by atoms with Gasteiger partial charge in [0.25, 0.3) is 5.91 Å². The summed E-state index contributed by atoms with van der Waals surface area (Å²) in [6.07, 6.45) is 1.36. The number of carbonyl (C=O) groups is 1. The zero-order valence-electron chi connectivity index (χ0n) is 11.9.